The van der Waals surface area contributed by atoms with Crippen molar-refractivity contribution in [3.05, 3.63) is 29.8 Å². The Kier molecular flexibility index (Phi) is 3.77. The average molecular weight is 246 g/mol. The Morgan fingerprint density at radius 3 is 2.78 bits per heavy atom. The van der Waals surface area contributed by atoms with E-state index in [-0.39, 0.29) is 18.2 Å². The molecular weight excluding hydrogens is 228 g/mol. The molecule has 0 saturated carbocycles. The molecule has 0 fully saturated rings. The molecule has 96 valence electrons. The predicted molar refractivity (Wildman–Crippen MR) is 70.7 cm³/mol. The van der Waals surface area contributed by atoms with Crippen LogP contribution in [0.3, 0.4) is 0 Å². The van der Waals surface area contributed by atoms with Crippen LogP contribution in [-0.4, -0.2) is 43.8 Å². The van der Waals surface area contributed by atoms with Gasteiger partial charge in [-0.05, 0) is 25.7 Å². The second kappa shape index (κ2) is 5.31. The van der Waals surface area contributed by atoms with Gasteiger partial charge < -0.3 is 9.80 Å². The number of fused-ring (bicyclic) bond motifs is 1. The summed E-state index contributed by atoms with van der Waals surface area (Å²) in [6.45, 7) is 0.912. The Bertz CT molecular complexity index is 469. The Morgan fingerprint density at radius 2 is 2.06 bits per heavy atom. The van der Waals surface area contributed by atoms with E-state index in [9.17, 15) is 9.59 Å². The fourth-order valence-electron chi connectivity index (χ4n) is 2.13. The van der Waals surface area contributed by atoms with Crippen molar-refractivity contribution in [2.75, 3.05) is 32.1 Å². The van der Waals surface area contributed by atoms with Gasteiger partial charge in [-0.2, -0.15) is 0 Å². The molecule has 0 aliphatic carbocycles. The topological polar surface area (TPSA) is 40.6 Å². The van der Waals surface area contributed by atoms with E-state index in [1.54, 1.807) is 4.90 Å². The van der Waals surface area contributed by atoms with Crippen molar-refractivity contribution < 1.29 is 9.59 Å². The van der Waals surface area contributed by atoms with E-state index in [1.165, 1.54) is 0 Å². The van der Waals surface area contributed by atoms with Crippen LogP contribution in [0.25, 0.3) is 0 Å². The second-order valence-electron chi connectivity index (χ2n) is 4.88. The van der Waals surface area contributed by atoms with Gasteiger partial charge in [0.25, 0.3) is 0 Å². The molecule has 0 radical (unpaired) electrons. The van der Waals surface area contributed by atoms with Crippen LogP contribution >= 0.6 is 0 Å². The third-order valence-corrected chi connectivity index (χ3v) is 3.08. The molecule has 1 aliphatic rings. The van der Waals surface area contributed by atoms with Gasteiger partial charge in [-0.25, -0.2) is 0 Å². The van der Waals surface area contributed by atoms with Gasteiger partial charge in [-0.15, -0.1) is 0 Å². The van der Waals surface area contributed by atoms with Crippen molar-refractivity contribution in [2.24, 2.45) is 0 Å². The van der Waals surface area contributed by atoms with Gasteiger partial charge in [-0.1, -0.05) is 18.2 Å². The summed E-state index contributed by atoms with van der Waals surface area (Å²) < 4.78 is 0. The number of nitrogens with zero attached hydrogens (tertiary/aromatic N) is 2. The lowest BCUT2D eigenvalue weighted by molar-refractivity contribution is -0.123. The number of Topliss-reactive ketones (excluding diaryl/α,β-unsaturated/α-hetero) is 1. The third-order valence-electron chi connectivity index (χ3n) is 3.08. The Balaban J connectivity index is 2.18. The molecule has 0 unspecified atom stereocenters. The van der Waals surface area contributed by atoms with Crippen LogP contribution in [0.1, 0.15) is 12.0 Å². The van der Waals surface area contributed by atoms with Crippen LogP contribution < -0.4 is 4.90 Å². The first-order valence-electron chi connectivity index (χ1n) is 6.12. The molecule has 0 saturated heterocycles. The minimum atomic E-state index is 0.0178. The lowest BCUT2D eigenvalue weighted by Gasteiger charge is -2.29. The largest absolute Gasteiger partial charge is 0.309 e. The number of ketones is 1. The molecule has 18 heavy (non-hydrogen) atoms. The van der Waals surface area contributed by atoms with Crippen LogP contribution in [0.2, 0.25) is 0 Å². The highest BCUT2D eigenvalue weighted by atomic mass is 16.2. The van der Waals surface area contributed by atoms with E-state index in [4.69, 9.17) is 0 Å². The summed E-state index contributed by atoms with van der Waals surface area (Å²) in [4.78, 5) is 27.4. The van der Waals surface area contributed by atoms with Gasteiger partial charge in [0.15, 0.2) is 5.78 Å². The Labute approximate surface area is 107 Å². The van der Waals surface area contributed by atoms with E-state index >= 15 is 0 Å². The van der Waals surface area contributed by atoms with Crippen LogP contribution in [0, 0.1) is 0 Å². The molecule has 1 aromatic carbocycles. The summed E-state index contributed by atoms with van der Waals surface area (Å²) in [5.41, 5.74) is 1.84. The van der Waals surface area contributed by atoms with Gasteiger partial charge in [0.2, 0.25) is 5.91 Å². The molecule has 1 amide bonds. The van der Waals surface area contributed by atoms with Gasteiger partial charge in [-0.3, -0.25) is 9.59 Å². The first-order chi connectivity index (χ1) is 8.58. The SMILES string of the molecule is CN(C)CCC(=O)N1CC(=O)Cc2ccccc21. The van der Waals surface area contributed by atoms with Crippen molar-refractivity contribution in [1.29, 1.82) is 0 Å². The second-order valence-corrected chi connectivity index (χ2v) is 4.88. The van der Waals surface area contributed by atoms with E-state index in [1.807, 2.05) is 43.3 Å². The molecule has 1 heterocycles. The van der Waals surface area contributed by atoms with E-state index in [0.717, 1.165) is 11.3 Å². The minimum absolute atomic E-state index is 0.0178. The van der Waals surface area contributed by atoms with E-state index < -0.39 is 0 Å². The molecule has 4 nitrogen and oxygen atoms in total. The number of rotatable bonds is 3. The number of benzene rings is 1. The molecule has 4 heteroatoms. The highest BCUT2D eigenvalue weighted by Crippen LogP contribution is 2.25. The highest BCUT2D eigenvalue weighted by Gasteiger charge is 2.26. The minimum Gasteiger partial charge on any atom is -0.309 e. The maximum absolute atomic E-state index is 12.2. The summed E-state index contributed by atoms with van der Waals surface area (Å²) in [6, 6.07) is 7.63. The molecular formula is C14H18N2O2. The van der Waals surface area contributed by atoms with Gasteiger partial charge in [0.05, 0.1) is 6.54 Å². The monoisotopic (exact) mass is 246 g/mol. The van der Waals surface area contributed by atoms with Crippen molar-refractivity contribution >= 4 is 17.4 Å². The normalized spacial score (nSPS) is 14.8. The first-order valence-corrected chi connectivity index (χ1v) is 6.12. The zero-order chi connectivity index (χ0) is 13.1. The van der Waals surface area contributed by atoms with Crippen molar-refractivity contribution in [1.82, 2.24) is 4.90 Å². The third kappa shape index (κ3) is 2.76. The molecule has 1 aromatic rings. The number of hydrogen-bond acceptors (Lipinski definition) is 3. The van der Waals surface area contributed by atoms with Crippen LogP contribution in [0.5, 0.6) is 0 Å². The fraction of sp³-hybridized carbons (Fsp3) is 0.429. The predicted octanol–water partition coefficient (Wildman–Crippen LogP) is 1.10. The average Bonchev–Trinajstić information content (AvgIpc) is 2.34. The van der Waals surface area contributed by atoms with Gasteiger partial charge >= 0.3 is 0 Å². The summed E-state index contributed by atoms with van der Waals surface area (Å²) in [5.74, 6) is 0.121. The number of anilines is 1. The molecule has 1 aliphatic heterocycles. The maximum atomic E-state index is 12.2. The van der Waals surface area contributed by atoms with Crippen LogP contribution in [0.15, 0.2) is 24.3 Å². The highest BCUT2D eigenvalue weighted by molar-refractivity contribution is 6.03. The Hall–Kier alpha value is -1.68. The lowest BCUT2D eigenvalue weighted by atomic mass is 10.0. The lowest BCUT2D eigenvalue weighted by Crippen LogP contribution is -2.41. The quantitative estimate of drug-likeness (QED) is 0.802. The fourth-order valence-corrected chi connectivity index (χ4v) is 2.13. The van der Waals surface area contributed by atoms with Crippen LogP contribution in [-0.2, 0) is 16.0 Å². The number of amides is 1. The van der Waals surface area contributed by atoms with Gasteiger partial charge in [0, 0.05) is 25.1 Å². The van der Waals surface area contributed by atoms with Gasteiger partial charge in [0.1, 0.15) is 0 Å². The van der Waals surface area contributed by atoms with Crippen molar-refractivity contribution in [3.8, 4) is 0 Å². The van der Waals surface area contributed by atoms with Crippen molar-refractivity contribution in [2.45, 2.75) is 12.8 Å². The number of hydrogen-bond donors (Lipinski definition) is 0. The number of carbonyl (C=O) groups is 2. The molecule has 2 rings (SSSR count). The smallest absolute Gasteiger partial charge is 0.228 e. The number of para-hydroxylation sites is 1. The maximum Gasteiger partial charge on any atom is 0.228 e. The molecule has 0 bridgehead atoms. The molecule has 0 N–H and O–H groups in total. The zero-order valence-electron chi connectivity index (χ0n) is 10.8. The first kappa shape index (κ1) is 12.8. The summed E-state index contributed by atoms with van der Waals surface area (Å²) >= 11 is 0. The molecule has 0 aromatic heterocycles. The standard InChI is InChI=1S/C14H18N2O2/c1-15(2)8-7-14(18)16-10-12(17)9-11-5-3-4-6-13(11)16/h3-6H,7-10H2,1-2H3. The summed E-state index contributed by atoms with van der Waals surface area (Å²) in [7, 11) is 3.87. The van der Waals surface area contributed by atoms with E-state index in [2.05, 4.69) is 0 Å². The Morgan fingerprint density at radius 1 is 1.33 bits per heavy atom. The summed E-state index contributed by atoms with van der Waals surface area (Å²) in [5, 5.41) is 0. The van der Waals surface area contributed by atoms with Crippen molar-refractivity contribution in [3.63, 3.8) is 0 Å². The summed E-state index contributed by atoms with van der Waals surface area (Å²) in [6.07, 6.45) is 0.877. The van der Waals surface area contributed by atoms with Crippen LogP contribution in [0.4, 0.5) is 5.69 Å². The zero-order valence-corrected chi connectivity index (χ0v) is 10.8. The molecule has 0 atom stereocenters. The number of carbonyl (C=O) groups excluding carboxylic acids is 2. The molecule has 0 spiro atoms. The van der Waals surface area contributed by atoms with E-state index in [0.29, 0.717) is 19.4 Å².